The van der Waals surface area contributed by atoms with Gasteiger partial charge in [0, 0.05) is 110 Å². The van der Waals surface area contributed by atoms with Crippen molar-refractivity contribution in [2.45, 2.75) is 187 Å². The number of H-pyrrole nitrogens is 3. The van der Waals surface area contributed by atoms with Gasteiger partial charge in [0.05, 0.1) is 46.6 Å². The van der Waals surface area contributed by atoms with Crippen LogP contribution in [0.15, 0.2) is 121 Å². The summed E-state index contributed by atoms with van der Waals surface area (Å²) in [5.74, 6) is 3.48. The van der Waals surface area contributed by atoms with Crippen LogP contribution in [0.3, 0.4) is 0 Å². The van der Waals surface area contributed by atoms with E-state index in [4.69, 9.17) is 0 Å². The fraction of sp³-hybridized carbons (Fsp3) is 0.458. The molecule has 0 radical (unpaired) electrons. The van der Waals surface area contributed by atoms with E-state index in [0.717, 1.165) is 23.7 Å². The third-order valence-electron chi connectivity index (χ3n) is 15.8. The fourth-order valence-electron chi connectivity index (χ4n) is 11.0. The van der Waals surface area contributed by atoms with Gasteiger partial charge in [0.15, 0.2) is 0 Å². The molecular weight excluding hydrogens is 1360 g/mol. The second-order valence-corrected chi connectivity index (χ2v) is 46.5. The second kappa shape index (κ2) is 23.5. The van der Waals surface area contributed by atoms with Crippen LogP contribution in [0.2, 0.25) is 0 Å². The maximum Gasteiger partial charge on any atom is 0.0708 e. The van der Waals surface area contributed by atoms with Crippen molar-refractivity contribution in [1.82, 2.24) is 15.0 Å². The van der Waals surface area contributed by atoms with Crippen molar-refractivity contribution < 1.29 is 0 Å². The van der Waals surface area contributed by atoms with E-state index in [1.165, 1.54) is 164 Å². The molecule has 9 aliphatic heterocycles. The number of aromatic nitrogens is 3. The molecular formula is C59H65N3S19. The van der Waals surface area contributed by atoms with E-state index < -0.39 is 10.8 Å². The molecule has 13 rings (SSSR count). The lowest BCUT2D eigenvalue weighted by atomic mass is 9.75. The predicted molar refractivity (Wildman–Crippen MR) is 395 cm³/mol. The average molecular weight is 1430 g/mol. The zero-order chi connectivity index (χ0) is 57.0. The summed E-state index contributed by atoms with van der Waals surface area (Å²) < 4.78 is 16.0. The first-order chi connectivity index (χ1) is 38.5. The third kappa shape index (κ3) is 10.6. The van der Waals surface area contributed by atoms with E-state index >= 15 is 0 Å². The van der Waals surface area contributed by atoms with Gasteiger partial charge in [-0.1, -0.05) is 237 Å². The zero-order valence-electron chi connectivity index (χ0n) is 48.2. The topological polar surface area (TPSA) is 47.4 Å². The van der Waals surface area contributed by atoms with Crippen LogP contribution < -0.4 is 0 Å². The summed E-state index contributed by atoms with van der Waals surface area (Å²) in [4.78, 5) is 32.0. The van der Waals surface area contributed by atoms with Gasteiger partial charge < -0.3 is 15.0 Å². The largest absolute Gasteiger partial charge is 0.359 e. The number of fused-ring (bicyclic) bond motifs is 18. The lowest BCUT2D eigenvalue weighted by Gasteiger charge is -2.33. The molecule has 12 heterocycles. The minimum atomic E-state index is -0.409. The van der Waals surface area contributed by atoms with Gasteiger partial charge in [-0.15, -0.1) is 35.3 Å². The van der Waals surface area contributed by atoms with Crippen molar-refractivity contribution >= 4 is 223 Å². The molecule has 3 nitrogen and oxygen atoms in total. The number of thioether (sulfide) groups is 19. The van der Waals surface area contributed by atoms with E-state index in [-0.39, 0.29) is 10.8 Å². The quantitative estimate of drug-likeness (QED) is 0.190. The summed E-state index contributed by atoms with van der Waals surface area (Å²) in [7, 11) is 0. The normalized spacial score (nSPS) is 26.2. The Kier molecular flexibility index (Phi) is 17.9. The van der Waals surface area contributed by atoms with Crippen LogP contribution in [0.5, 0.6) is 0 Å². The molecule has 0 amide bonds. The highest BCUT2D eigenvalue weighted by Gasteiger charge is 2.52. The first-order valence-corrected chi connectivity index (χ1v) is 43.4. The molecule has 430 valence electrons. The Hall–Kier alpha value is 1.89. The molecule has 0 saturated carbocycles. The number of hydrogen-bond donors (Lipinski definition) is 3. The molecule has 81 heavy (non-hydrogen) atoms. The summed E-state index contributed by atoms with van der Waals surface area (Å²) in [6.45, 7) is 38.9. The molecule has 0 spiro atoms. The van der Waals surface area contributed by atoms with Crippen molar-refractivity contribution in [3.05, 3.63) is 126 Å². The van der Waals surface area contributed by atoms with E-state index in [9.17, 15) is 0 Å². The Bertz CT molecular complexity index is 3630. The van der Waals surface area contributed by atoms with Gasteiger partial charge >= 0.3 is 0 Å². The monoisotopic (exact) mass is 1420 g/mol. The molecule has 3 N–H and O–H groups in total. The Labute approximate surface area is 562 Å². The van der Waals surface area contributed by atoms with Gasteiger partial charge in [-0.2, -0.15) is 0 Å². The van der Waals surface area contributed by atoms with Gasteiger partial charge in [-0.05, 0) is 126 Å². The van der Waals surface area contributed by atoms with Crippen LogP contribution in [-0.4, -0.2) is 32.2 Å². The van der Waals surface area contributed by atoms with Gasteiger partial charge in [0.25, 0.3) is 0 Å². The lowest BCUT2D eigenvalue weighted by Crippen LogP contribution is -2.28. The second-order valence-electron chi connectivity index (χ2n) is 23.0. The molecule has 1 saturated heterocycles. The number of nitrogens with one attached hydrogen (secondary N) is 3. The average Bonchev–Trinajstić information content (AvgIpc) is 2.21. The number of hydrogen-bond acceptors (Lipinski definition) is 19. The van der Waals surface area contributed by atoms with Crippen molar-refractivity contribution in [2.24, 2.45) is 0 Å². The Balaban J connectivity index is 1.03. The Morgan fingerprint density at radius 3 is 0.827 bits per heavy atom. The molecule has 10 aliphatic rings. The van der Waals surface area contributed by atoms with Crippen LogP contribution >= 0.6 is 223 Å². The standard InChI is InChI=1S/C59H65N3S19/c1-17-20-63-45-26(6)68-49(79-45)53-71-31-29-23-30(32(31)72-53)57(11,12)40-34-36(76-54(74-34)50-69-27(7)46(80-50)64-21-18-2)42(61-40)59(15,16)44-38-37(77-55(78-38)51-70-28(8)47(81-51)65-22-19-3)43(62-44)58(13,14)41-35-33(39(60-41)56(29,9)10)73-52(75-35)48-66-24(4)25(5)67-48/h60-62H,17-23H2,1-16H3/b53-49-,54-50-,55-51-. The van der Waals surface area contributed by atoms with E-state index in [1.54, 1.807) is 11.1 Å². The molecule has 3 aromatic rings. The first kappa shape index (κ1) is 61.7. The molecule has 1 fully saturated rings. The number of rotatable bonds is 9. The predicted octanol–water partition coefficient (Wildman–Crippen LogP) is 26.6. The van der Waals surface area contributed by atoms with Crippen molar-refractivity contribution in [1.29, 1.82) is 0 Å². The Morgan fingerprint density at radius 2 is 0.543 bits per heavy atom. The van der Waals surface area contributed by atoms with E-state index in [1.807, 2.05) is 188 Å². The maximum absolute atomic E-state index is 4.45. The fourth-order valence-corrected chi connectivity index (χ4v) is 39.0. The third-order valence-corrected chi connectivity index (χ3v) is 44.1. The molecule has 3 aromatic heterocycles. The number of allylic oxidation sites excluding steroid dienone is 7. The molecule has 8 bridgehead atoms. The van der Waals surface area contributed by atoms with Crippen LogP contribution in [0.25, 0.3) is 0 Å². The van der Waals surface area contributed by atoms with Crippen molar-refractivity contribution in [2.75, 3.05) is 17.3 Å². The highest BCUT2D eigenvalue weighted by atomic mass is 32.3. The molecule has 0 unspecified atom stereocenters. The smallest absolute Gasteiger partial charge is 0.0708 e. The van der Waals surface area contributed by atoms with Crippen LogP contribution in [0, 0.1) is 0 Å². The van der Waals surface area contributed by atoms with Crippen LogP contribution in [0.1, 0.15) is 171 Å². The summed E-state index contributed by atoms with van der Waals surface area (Å²) in [6.07, 6.45) is 4.50. The maximum atomic E-state index is 4.45. The van der Waals surface area contributed by atoms with Gasteiger partial charge in [0.2, 0.25) is 0 Å². The Morgan fingerprint density at radius 1 is 0.309 bits per heavy atom. The zero-order valence-corrected chi connectivity index (χ0v) is 63.7. The molecule has 0 atom stereocenters. The summed E-state index contributed by atoms with van der Waals surface area (Å²) in [6, 6.07) is 0. The summed E-state index contributed by atoms with van der Waals surface area (Å²) >= 11 is 38.6. The SMILES string of the molecule is CCCSC1=C(C)S/C(=C2\SC3=C4CC(=C3S2)C(C)(C)c2[nH]c(c3c2S/C(=C2\SC(C)=C(SCCC)S2)S3)C(C)(C)c2[nH]c(c3c2S/C(=C2/SC(C)=C(SCCC)S2)S3)C(C)(C)c2[nH]c(c3c2SC(=C2SC(C)=C(C)S2)S3)C4(C)C)S1. The van der Waals surface area contributed by atoms with Crippen molar-refractivity contribution in [3.63, 3.8) is 0 Å². The van der Waals surface area contributed by atoms with E-state index in [0.29, 0.717) is 0 Å². The van der Waals surface area contributed by atoms with E-state index in [2.05, 4.69) is 161 Å². The van der Waals surface area contributed by atoms with Crippen LogP contribution in [-0.2, 0) is 21.7 Å². The highest BCUT2D eigenvalue weighted by Crippen LogP contribution is 2.73. The highest BCUT2D eigenvalue weighted by molar-refractivity contribution is 8.40. The van der Waals surface area contributed by atoms with Gasteiger partial charge in [-0.3, -0.25) is 0 Å². The lowest BCUT2D eigenvalue weighted by molar-refractivity contribution is 0.526. The molecule has 1 aliphatic carbocycles. The number of aromatic amines is 3. The minimum absolute atomic E-state index is 0.315. The van der Waals surface area contributed by atoms with Crippen LogP contribution in [0.4, 0.5) is 0 Å². The van der Waals surface area contributed by atoms with Gasteiger partial charge in [0.1, 0.15) is 0 Å². The first-order valence-electron chi connectivity index (χ1n) is 27.3. The summed E-state index contributed by atoms with van der Waals surface area (Å²) in [5.41, 5.74) is 9.72. The minimum Gasteiger partial charge on any atom is -0.359 e. The molecule has 22 heteroatoms. The van der Waals surface area contributed by atoms with Gasteiger partial charge in [-0.25, -0.2) is 0 Å². The summed E-state index contributed by atoms with van der Waals surface area (Å²) in [5, 5.41) is 0. The van der Waals surface area contributed by atoms with Crippen molar-refractivity contribution in [3.8, 4) is 0 Å². The molecule has 0 aromatic carbocycles.